The van der Waals surface area contributed by atoms with Crippen LogP contribution in [0.15, 0.2) is 77.2 Å². The van der Waals surface area contributed by atoms with E-state index in [1.807, 2.05) is 130 Å². The van der Waals surface area contributed by atoms with E-state index in [2.05, 4.69) is 36.9 Å². The van der Waals surface area contributed by atoms with Crippen LogP contribution in [0.2, 0.25) is 0 Å². The Bertz CT molecular complexity index is 2120. The first-order chi connectivity index (χ1) is 30.1. The molecule has 15 nitrogen and oxygen atoms in total. The molecule has 0 aliphatic carbocycles. The fourth-order valence-corrected chi connectivity index (χ4v) is 8.83. The molecule has 64 heavy (non-hydrogen) atoms. The van der Waals surface area contributed by atoms with Crippen LogP contribution < -0.4 is 31.9 Å². The highest BCUT2D eigenvalue weighted by Crippen LogP contribution is 2.29. The minimum absolute atomic E-state index is 0.0878. The zero-order valence-electron chi connectivity index (χ0n) is 38.9. The summed E-state index contributed by atoms with van der Waals surface area (Å²) < 4.78 is 0. The zero-order chi connectivity index (χ0) is 46.9. The molecule has 0 saturated carbocycles. The van der Waals surface area contributed by atoms with Crippen molar-refractivity contribution in [3.8, 4) is 0 Å². The summed E-state index contributed by atoms with van der Waals surface area (Å²) in [5.41, 5.74) is 0.217. The number of nitrogens with one attached hydrogen (secondary N) is 6. The first kappa shape index (κ1) is 49.4. The number of hydrogen-bond acceptors (Lipinski definition) is 10. The summed E-state index contributed by atoms with van der Waals surface area (Å²) in [5, 5.41) is 20.8. The third-order valence-electron chi connectivity index (χ3n) is 12.0. The van der Waals surface area contributed by atoms with Gasteiger partial charge in [0.1, 0.15) is 41.6 Å². The van der Waals surface area contributed by atoms with Crippen LogP contribution in [0.25, 0.3) is 0 Å². The maximum absolute atomic E-state index is 15.0. The molecule has 3 aromatic rings. The molecule has 6 N–H and O–H groups in total. The molecule has 16 heteroatoms. The van der Waals surface area contributed by atoms with Crippen molar-refractivity contribution < 1.29 is 28.8 Å². The van der Waals surface area contributed by atoms with Gasteiger partial charge < -0.3 is 36.8 Å². The molecular weight excluding hydrogens is 831 g/mol. The Labute approximate surface area is 381 Å². The summed E-state index contributed by atoms with van der Waals surface area (Å²) in [4.78, 5) is 95.6. The molecule has 2 aromatic carbocycles. The van der Waals surface area contributed by atoms with Gasteiger partial charge in [0.25, 0.3) is 0 Å². The molecule has 1 fully saturated rings. The highest BCUT2D eigenvalue weighted by molar-refractivity contribution is 7.09. The average Bonchev–Trinajstić information content (AvgIpc) is 3.92. The lowest BCUT2D eigenvalue weighted by molar-refractivity contribution is -0.140. The molecule has 0 radical (unpaired) electrons. The number of rotatable bonds is 13. The lowest BCUT2D eigenvalue weighted by Crippen LogP contribution is -2.65. The Hall–Kier alpha value is -5.64. The fraction of sp³-hybridized carbons (Fsp3) is 0.542. The Morgan fingerprint density at radius 1 is 0.875 bits per heavy atom. The lowest BCUT2D eigenvalue weighted by atomic mass is 9.82. The van der Waals surface area contributed by atoms with Crippen LogP contribution in [0, 0.1) is 22.7 Å². The summed E-state index contributed by atoms with van der Waals surface area (Å²) in [6.45, 7) is 19.2. The van der Waals surface area contributed by atoms with Crippen LogP contribution in [-0.4, -0.2) is 94.5 Å². The standard InChI is InChI=1S/C48H67N9O6S/c1-28(2)36-42(60)56-39(47(5,6)7)41(51-27-35(59)57-23-21-29(3)38(57)44(62)53-36)55-40(48(8,9)10)45(63)54-37(30(4)32-19-15-12-16-20-32)43(61)52-33(46-49-22-24-64-46)25-34(58)50-26-31-17-13-11-14-18-31/h11-20,22,24,28-30,33,36-40H,21,23,25-27H2,1-10H3,(H,50,58)(H,51,55)(H,52,61)(H,53,62)(H,54,63)(H,56,60)/t29-,30?,33+,36+,37+,38+,39-,40-/m1/s1. The Balaban J connectivity index is 1.48. The zero-order valence-corrected chi connectivity index (χ0v) is 39.7. The largest absolute Gasteiger partial charge is 0.360 e. The van der Waals surface area contributed by atoms with Crippen LogP contribution in [0.4, 0.5) is 0 Å². The van der Waals surface area contributed by atoms with Gasteiger partial charge in [-0.25, -0.2) is 4.98 Å². The Morgan fingerprint density at radius 3 is 2.12 bits per heavy atom. The van der Waals surface area contributed by atoms with E-state index in [0.717, 1.165) is 11.1 Å². The van der Waals surface area contributed by atoms with Gasteiger partial charge >= 0.3 is 0 Å². The van der Waals surface area contributed by atoms with E-state index in [1.165, 1.54) is 16.2 Å². The number of fused-ring (bicyclic) bond motifs is 1. The molecular formula is C48H67N9O6S. The molecule has 346 valence electrons. The van der Waals surface area contributed by atoms with E-state index in [4.69, 9.17) is 4.99 Å². The normalized spacial score (nSPS) is 21.7. The van der Waals surface area contributed by atoms with Gasteiger partial charge in [-0.05, 0) is 40.2 Å². The fourth-order valence-electron chi connectivity index (χ4n) is 8.14. The van der Waals surface area contributed by atoms with Gasteiger partial charge in [-0.3, -0.25) is 33.8 Å². The predicted molar refractivity (Wildman–Crippen MR) is 249 cm³/mol. The summed E-state index contributed by atoms with van der Waals surface area (Å²) in [7, 11) is 0. The van der Waals surface area contributed by atoms with Crippen LogP contribution >= 0.6 is 11.3 Å². The predicted octanol–water partition coefficient (Wildman–Crippen LogP) is 4.62. The SMILES string of the molecule is CC(C)[C@@H]1NC(=O)[C@@H]2[C@H](C)CCN2C(=O)CN=C(N[C@H](C(=O)N[C@H](C(=O)N[C@@H](CC(=O)NCc2ccccc2)c2nccs2)C(C)c2ccccc2)C(C)(C)C)[C@H](C(C)(C)C)NC1=O. The van der Waals surface area contributed by atoms with Gasteiger partial charge in [0.2, 0.25) is 35.4 Å². The molecule has 0 bridgehead atoms. The average molecular weight is 898 g/mol. The smallest absolute Gasteiger partial charge is 0.244 e. The van der Waals surface area contributed by atoms with Crippen molar-refractivity contribution in [1.82, 2.24) is 41.8 Å². The third kappa shape index (κ3) is 12.8. The van der Waals surface area contributed by atoms with Crippen molar-refractivity contribution in [2.45, 2.75) is 131 Å². The molecule has 6 amide bonds. The summed E-state index contributed by atoms with van der Waals surface area (Å²) in [6, 6.07) is 13.4. The molecule has 1 saturated heterocycles. The first-order valence-corrected chi connectivity index (χ1v) is 23.1. The van der Waals surface area contributed by atoms with E-state index in [-0.39, 0.29) is 48.4 Å². The van der Waals surface area contributed by atoms with Gasteiger partial charge in [-0.1, -0.05) is 130 Å². The van der Waals surface area contributed by atoms with Crippen LogP contribution in [-0.2, 0) is 35.3 Å². The highest BCUT2D eigenvalue weighted by atomic mass is 32.1. The summed E-state index contributed by atoms with van der Waals surface area (Å²) in [5.74, 6) is -3.21. The second-order valence-electron chi connectivity index (χ2n) is 19.6. The van der Waals surface area contributed by atoms with Gasteiger partial charge in [0, 0.05) is 30.6 Å². The molecule has 1 unspecified atom stereocenters. The minimum atomic E-state index is -1.13. The van der Waals surface area contributed by atoms with Crippen molar-refractivity contribution in [2.24, 2.45) is 27.7 Å². The number of thiazole rings is 1. The topological polar surface area (TPSA) is 203 Å². The van der Waals surface area contributed by atoms with Crippen LogP contribution in [0.1, 0.15) is 110 Å². The molecule has 5 rings (SSSR count). The third-order valence-corrected chi connectivity index (χ3v) is 12.8. The number of nitrogens with zero attached hydrogens (tertiary/aromatic N) is 3. The van der Waals surface area contributed by atoms with Gasteiger partial charge in [-0.15, -0.1) is 11.3 Å². The molecule has 1 aromatic heterocycles. The molecule has 0 spiro atoms. The molecule has 2 aliphatic rings. The number of aliphatic imine (C=N–C) groups is 1. The van der Waals surface area contributed by atoms with Crippen molar-refractivity contribution in [3.63, 3.8) is 0 Å². The maximum atomic E-state index is 15.0. The van der Waals surface area contributed by atoms with Gasteiger partial charge in [0.05, 0.1) is 18.5 Å². The number of benzene rings is 2. The van der Waals surface area contributed by atoms with Crippen molar-refractivity contribution >= 4 is 52.6 Å². The van der Waals surface area contributed by atoms with Crippen molar-refractivity contribution in [1.29, 1.82) is 0 Å². The maximum Gasteiger partial charge on any atom is 0.244 e. The number of carbonyl (C=O) groups excluding carboxylic acids is 6. The number of carbonyl (C=O) groups is 6. The summed E-state index contributed by atoms with van der Waals surface area (Å²) in [6.07, 6.45) is 2.15. The van der Waals surface area contributed by atoms with E-state index in [0.29, 0.717) is 24.5 Å². The van der Waals surface area contributed by atoms with E-state index >= 15 is 0 Å². The quantitative estimate of drug-likeness (QED) is 0.143. The van der Waals surface area contributed by atoms with Crippen molar-refractivity contribution in [3.05, 3.63) is 88.4 Å². The van der Waals surface area contributed by atoms with E-state index < -0.39 is 70.7 Å². The number of aromatic nitrogens is 1. The lowest BCUT2D eigenvalue weighted by Gasteiger charge is -2.39. The van der Waals surface area contributed by atoms with Gasteiger partial charge in [-0.2, -0.15) is 0 Å². The first-order valence-electron chi connectivity index (χ1n) is 22.2. The van der Waals surface area contributed by atoms with Crippen LogP contribution in [0.5, 0.6) is 0 Å². The highest BCUT2D eigenvalue weighted by Gasteiger charge is 2.44. The van der Waals surface area contributed by atoms with Gasteiger partial charge in [0.15, 0.2) is 0 Å². The summed E-state index contributed by atoms with van der Waals surface area (Å²) >= 11 is 1.31. The molecule has 8 atom stereocenters. The molecule has 3 heterocycles. The van der Waals surface area contributed by atoms with E-state index in [1.54, 1.807) is 11.6 Å². The van der Waals surface area contributed by atoms with Crippen LogP contribution in [0.3, 0.4) is 0 Å². The number of amidine groups is 1. The van der Waals surface area contributed by atoms with E-state index in [9.17, 15) is 28.8 Å². The Kier molecular flexibility index (Phi) is 16.5. The second-order valence-corrected chi connectivity index (χ2v) is 20.5. The minimum Gasteiger partial charge on any atom is -0.360 e. The number of amides is 6. The monoisotopic (exact) mass is 897 g/mol. The second kappa shape index (κ2) is 21.4. The molecule has 2 aliphatic heterocycles. The number of hydrogen-bond donors (Lipinski definition) is 6. The van der Waals surface area contributed by atoms with Crippen molar-refractivity contribution in [2.75, 3.05) is 13.1 Å². The Morgan fingerprint density at radius 2 is 1.53 bits per heavy atom.